The summed E-state index contributed by atoms with van der Waals surface area (Å²) in [6, 6.07) is -0.0265. The van der Waals surface area contributed by atoms with E-state index in [1.54, 1.807) is 0 Å². The van der Waals surface area contributed by atoms with Gasteiger partial charge in [-0.25, -0.2) is 0 Å². The molecule has 0 radical (unpaired) electrons. The molecule has 1 aliphatic rings. The molecule has 1 fully saturated rings. The second-order valence-electron chi connectivity index (χ2n) is 7.52. The van der Waals surface area contributed by atoms with Gasteiger partial charge in [-0.05, 0) is 30.1 Å². The standard InChI is InChI=1S/C15H30N2O/c1-14(2,3)10-12(16)9-13(18)17-11-15(4)7-5-6-8-15/h12H,5-11,16H2,1-4H3,(H,17,18). The van der Waals surface area contributed by atoms with Gasteiger partial charge < -0.3 is 11.1 Å². The minimum absolute atomic E-state index is 0.0265. The van der Waals surface area contributed by atoms with Crippen molar-refractivity contribution in [3.63, 3.8) is 0 Å². The third kappa shape index (κ3) is 5.85. The van der Waals surface area contributed by atoms with Gasteiger partial charge in [-0.1, -0.05) is 40.5 Å². The number of amides is 1. The van der Waals surface area contributed by atoms with Crippen LogP contribution in [0.3, 0.4) is 0 Å². The Morgan fingerprint density at radius 1 is 1.33 bits per heavy atom. The molecule has 1 amide bonds. The fraction of sp³-hybridized carbons (Fsp3) is 0.933. The Hall–Kier alpha value is -0.570. The lowest BCUT2D eigenvalue weighted by atomic mass is 9.87. The molecule has 0 aliphatic heterocycles. The van der Waals surface area contributed by atoms with E-state index in [1.807, 2.05) is 0 Å². The van der Waals surface area contributed by atoms with E-state index in [0.717, 1.165) is 13.0 Å². The molecule has 1 aliphatic carbocycles. The van der Waals surface area contributed by atoms with Crippen molar-refractivity contribution in [2.75, 3.05) is 6.54 Å². The molecule has 0 heterocycles. The highest BCUT2D eigenvalue weighted by atomic mass is 16.1. The first kappa shape index (κ1) is 15.5. The highest BCUT2D eigenvalue weighted by Gasteiger charge is 2.29. The second-order valence-corrected chi connectivity index (χ2v) is 7.52. The van der Waals surface area contributed by atoms with E-state index in [1.165, 1.54) is 25.7 Å². The number of hydrogen-bond acceptors (Lipinski definition) is 2. The van der Waals surface area contributed by atoms with Crippen molar-refractivity contribution in [1.82, 2.24) is 5.32 Å². The number of carbonyl (C=O) groups excluding carboxylic acids is 1. The van der Waals surface area contributed by atoms with Gasteiger partial charge in [-0.2, -0.15) is 0 Å². The molecule has 0 spiro atoms. The molecule has 1 rings (SSSR count). The molecule has 18 heavy (non-hydrogen) atoms. The minimum Gasteiger partial charge on any atom is -0.356 e. The van der Waals surface area contributed by atoms with E-state index in [4.69, 9.17) is 5.73 Å². The Bertz CT molecular complexity index is 275. The molecule has 0 saturated heterocycles. The summed E-state index contributed by atoms with van der Waals surface area (Å²) >= 11 is 0. The van der Waals surface area contributed by atoms with Gasteiger partial charge in [0.2, 0.25) is 5.91 Å². The van der Waals surface area contributed by atoms with Crippen LogP contribution in [-0.2, 0) is 4.79 Å². The van der Waals surface area contributed by atoms with Crippen molar-refractivity contribution < 1.29 is 4.79 Å². The summed E-state index contributed by atoms with van der Waals surface area (Å²) in [4.78, 5) is 11.8. The van der Waals surface area contributed by atoms with Crippen LogP contribution in [0.5, 0.6) is 0 Å². The summed E-state index contributed by atoms with van der Waals surface area (Å²) in [6.07, 6.45) is 6.42. The lowest BCUT2D eigenvalue weighted by Gasteiger charge is -2.25. The third-order valence-corrected chi connectivity index (χ3v) is 3.85. The summed E-state index contributed by atoms with van der Waals surface area (Å²) < 4.78 is 0. The van der Waals surface area contributed by atoms with Gasteiger partial charge in [0.1, 0.15) is 0 Å². The van der Waals surface area contributed by atoms with Crippen molar-refractivity contribution in [2.45, 2.75) is 72.3 Å². The molecule has 0 aromatic rings. The van der Waals surface area contributed by atoms with Gasteiger partial charge in [-0.15, -0.1) is 0 Å². The van der Waals surface area contributed by atoms with E-state index >= 15 is 0 Å². The van der Waals surface area contributed by atoms with Crippen LogP contribution in [0.4, 0.5) is 0 Å². The van der Waals surface area contributed by atoms with Gasteiger partial charge in [0.05, 0.1) is 0 Å². The lowest BCUT2D eigenvalue weighted by molar-refractivity contribution is -0.122. The van der Waals surface area contributed by atoms with Crippen LogP contribution in [0, 0.1) is 10.8 Å². The predicted molar refractivity (Wildman–Crippen MR) is 76.2 cm³/mol. The SMILES string of the molecule is CC(C)(C)CC(N)CC(=O)NCC1(C)CCCC1. The minimum atomic E-state index is -0.0265. The van der Waals surface area contributed by atoms with Crippen molar-refractivity contribution >= 4 is 5.91 Å². The lowest BCUT2D eigenvalue weighted by Crippen LogP contribution is -2.38. The Morgan fingerprint density at radius 3 is 2.39 bits per heavy atom. The average Bonchev–Trinajstić information content (AvgIpc) is 2.60. The number of hydrogen-bond donors (Lipinski definition) is 2. The maximum absolute atomic E-state index is 11.8. The molecule has 0 aromatic carbocycles. The van der Waals surface area contributed by atoms with Gasteiger partial charge in [0.25, 0.3) is 0 Å². The Kier molecular flexibility index (Phi) is 5.20. The maximum atomic E-state index is 11.8. The predicted octanol–water partition coefficient (Wildman–Crippen LogP) is 2.84. The molecule has 3 N–H and O–H groups in total. The molecule has 0 bridgehead atoms. The molecular weight excluding hydrogens is 224 g/mol. The van der Waals surface area contributed by atoms with Crippen molar-refractivity contribution in [3.05, 3.63) is 0 Å². The van der Waals surface area contributed by atoms with Crippen LogP contribution < -0.4 is 11.1 Å². The number of rotatable bonds is 5. The first-order valence-electron chi connectivity index (χ1n) is 7.23. The zero-order valence-electron chi connectivity index (χ0n) is 12.5. The first-order chi connectivity index (χ1) is 8.20. The first-order valence-corrected chi connectivity index (χ1v) is 7.23. The van der Waals surface area contributed by atoms with Crippen LogP contribution in [-0.4, -0.2) is 18.5 Å². The van der Waals surface area contributed by atoms with Gasteiger partial charge in [0, 0.05) is 19.0 Å². The summed E-state index contributed by atoms with van der Waals surface area (Å²) in [5.41, 5.74) is 6.53. The van der Waals surface area contributed by atoms with Gasteiger partial charge in [0.15, 0.2) is 0 Å². The highest BCUT2D eigenvalue weighted by Crippen LogP contribution is 2.36. The van der Waals surface area contributed by atoms with Gasteiger partial charge >= 0.3 is 0 Å². The number of carbonyl (C=O) groups is 1. The van der Waals surface area contributed by atoms with E-state index in [9.17, 15) is 4.79 Å². The van der Waals surface area contributed by atoms with Crippen LogP contribution in [0.15, 0.2) is 0 Å². The molecular formula is C15H30N2O. The molecule has 106 valence electrons. The third-order valence-electron chi connectivity index (χ3n) is 3.85. The Morgan fingerprint density at radius 2 is 1.89 bits per heavy atom. The fourth-order valence-electron chi connectivity index (χ4n) is 2.89. The normalized spacial score (nSPS) is 20.7. The Labute approximate surface area is 112 Å². The summed E-state index contributed by atoms with van der Waals surface area (Å²) in [5.74, 6) is 0.111. The molecule has 0 aromatic heterocycles. The zero-order chi connectivity index (χ0) is 13.8. The molecule has 1 saturated carbocycles. The second kappa shape index (κ2) is 6.05. The molecule has 1 unspecified atom stereocenters. The summed E-state index contributed by atoms with van der Waals surface area (Å²) in [6.45, 7) is 9.56. The summed E-state index contributed by atoms with van der Waals surface area (Å²) in [5, 5.41) is 3.06. The maximum Gasteiger partial charge on any atom is 0.221 e. The van der Waals surface area contributed by atoms with E-state index in [0.29, 0.717) is 11.8 Å². The fourth-order valence-corrected chi connectivity index (χ4v) is 2.89. The molecule has 3 nitrogen and oxygen atoms in total. The van der Waals surface area contributed by atoms with Crippen LogP contribution in [0.2, 0.25) is 0 Å². The largest absolute Gasteiger partial charge is 0.356 e. The smallest absolute Gasteiger partial charge is 0.221 e. The zero-order valence-corrected chi connectivity index (χ0v) is 12.5. The monoisotopic (exact) mass is 254 g/mol. The molecule has 3 heteroatoms. The van der Waals surface area contributed by atoms with Crippen molar-refractivity contribution in [1.29, 1.82) is 0 Å². The number of nitrogens with two attached hydrogens (primary N) is 1. The van der Waals surface area contributed by atoms with Crippen LogP contribution in [0.25, 0.3) is 0 Å². The Balaban J connectivity index is 2.25. The summed E-state index contributed by atoms with van der Waals surface area (Å²) in [7, 11) is 0. The van der Waals surface area contributed by atoms with E-state index in [-0.39, 0.29) is 17.4 Å². The van der Waals surface area contributed by atoms with Crippen LogP contribution >= 0.6 is 0 Å². The van der Waals surface area contributed by atoms with Crippen LogP contribution in [0.1, 0.15) is 66.2 Å². The van der Waals surface area contributed by atoms with Crippen molar-refractivity contribution in [3.8, 4) is 0 Å². The number of nitrogens with one attached hydrogen (secondary N) is 1. The van der Waals surface area contributed by atoms with E-state index < -0.39 is 0 Å². The average molecular weight is 254 g/mol. The van der Waals surface area contributed by atoms with Gasteiger partial charge in [-0.3, -0.25) is 4.79 Å². The van der Waals surface area contributed by atoms with E-state index in [2.05, 4.69) is 33.0 Å². The quantitative estimate of drug-likeness (QED) is 0.792. The topological polar surface area (TPSA) is 55.1 Å². The highest BCUT2D eigenvalue weighted by molar-refractivity contribution is 5.76. The molecule has 1 atom stereocenters. The van der Waals surface area contributed by atoms with Crippen molar-refractivity contribution in [2.24, 2.45) is 16.6 Å².